The SMILES string of the molecule is CC(C)[C@H]1COC(=O)N1c1ncnc(Cl)n1.CC(C)[C@H]1COC(=O)N1c1ncnc(N[C@@H](C)c2ccc(-c3ccc(F)cc3)cn2)n1.C[C@H](N)c1ccc(-c2ccc(F)cc2)cn1.C[C@H](NS(=O)C(C)(C)C)c1ccc(-c2ccc(Cl)cc2)cn1.C[C@H](NS(=O)C(C)(C)C)c1ccc(Br)cn1.Cl.OB(O)c1ccc(Cl)cc1. The second kappa shape index (κ2) is 43.7. The highest BCUT2D eigenvalue weighted by Gasteiger charge is 2.39. The maximum Gasteiger partial charge on any atom is 0.488 e. The molecule has 2 amide bonds. The van der Waals surface area contributed by atoms with Crippen LogP contribution in [0.15, 0.2) is 188 Å². The van der Waals surface area contributed by atoms with E-state index in [1.165, 1.54) is 46.7 Å². The van der Waals surface area contributed by atoms with Crippen molar-refractivity contribution in [3.05, 3.63) is 237 Å². The van der Waals surface area contributed by atoms with Gasteiger partial charge in [0.2, 0.25) is 23.1 Å². The number of amides is 2. The number of aromatic nitrogens is 10. The first-order chi connectivity index (χ1) is 52.4. The Kier molecular flexibility index (Phi) is 36.0. The van der Waals surface area contributed by atoms with Gasteiger partial charge in [-0.25, -0.2) is 66.0 Å². The van der Waals surface area contributed by atoms with Crippen LogP contribution in [-0.4, -0.2) is 122 Å². The minimum Gasteiger partial charge on any atom is -0.447 e. The van der Waals surface area contributed by atoms with Crippen LogP contribution in [0.5, 0.6) is 0 Å². The molecule has 0 radical (unpaired) electrons. The fourth-order valence-electron chi connectivity index (χ4n) is 9.95. The lowest BCUT2D eigenvalue weighted by atomic mass is 9.81. The molecule has 596 valence electrons. The van der Waals surface area contributed by atoms with Gasteiger partial charge in [0.15, 0.2) is 0 Å². The van der Waals surface area contributed by atoms with Crippen molar-refractivity contribution in [1.82, 2.24) is 59.3 Å². The summed E-state index contributed by atoms with van der Waals surface area (Å²) in [4.78, 5) is 68.4. The van der Waals surface area contributed by atoms with Crippen molar-refractivity contribution >= 4 is 128 Å². The van der Waals surface area contributed by atoms with Gasteiger partial charge >= 0.3 is 19.3 Å². The Morgan fingerprint density at radius 1 is 0.500 bits per heavy atom. The van der Waals surface area contributed by atoms with Gasteiger partial charge in [0.25, 0.3) is 0 Å². The zero-order chi connectivity index (χ0) is 81.4. The van der Waals surface area contributed by atoms with E-state index in [2.05, 4.69) is 80.5 Å². The Hall–Kier alpha value is -8.50. The van der Waals surface area contributed by atoms with E-state index < -0.39 is 41.3 Å². The molecule has 2 fully saturated rings. The quantitative estimate of drug-likeness (QED) is 0.0435. The summed E-state index contributed by atoms with van der Waals surface area (Å²) in [5, 5.41) is 21.8. The van der Waals surface area contributed by atoms with Crippen molar-refractivity contribution in [1.29, 1.82) is 0 Å². The molecule has 2 saturated heterocycles. The number of nitrogens with one attached hydrogen (secondary N) is 3. The minimum atomic E-state index is -1.41. The van der Waals surface area contributed by atoms with Crippen LogP contribution >= 0.6 is 63.1 Å². The summed E-state index contributed by atoms with van der Waals surface area (Å²) >= 11 is 20.4. The third-order valence-corrected chi connectivity index (χ3v) is 21.0. The number of nitrogens with two attached hydrogens (primary N) is 1. The number of benzene rings is 4. The third kappa shape index (κ3) is 28.6. The van der Waals surface area contributed by atoms with Crippen molar-refractivity contribution in [2.45, 2.75) is 143 Å². The number of ether oxygens (including phenoxy) is 2. The van der Waals surface area contributed by atoms with E-state index in [1.807, 2.05) is 176 Å². The van der Waals surface area contributed by atoms with E-state index in [1.54, 1.807) is 67.1 Å². The Morgan fingerprint density at radius 2 is 0.857 bits per heavy atom. The minimum absolute atomic E-state index is 0. The van der Waals surface area contributed by atoms with Gasteiger partial charge in [-0.1, -0.05) is 118 Å². The van der Waals surface area contributed by atoms with Gasteiger partial charge in [0.1, 0.15) is 37.5 Å². The molecule has 2 aliphatic rings. The lowest BCUT2D eigenvalue weighted by Crippen LogP contribution is -2.38. The average Bonchev–Trinajstić information content (AvgIpc) is 1.66. The Labute approximate surface area is 687 Å². The predicted octanol–water partition coefficient (Wildman–Crippen LogP) is 16.6. The number of carbonyl (C=O) groups is 2. The first kappa shape index (κ1) is 92.4. The lowest BCUT2D eigenvalue weighted by molar-refractivity contribution is 0.176. The van der Waals surface area contributed by atoms with E-state index in [0.717, 1.165) is 65.7 Å². The van der Waals surface area contributed by atoms with E-state index >= 15 is 0 Å². The number of halogens is 7. The Morgan fingerprint density at radius 3 is 1.21 bits per heavy atom. The van der Waals surface area contributed by atoms with Crippen LogP contribution in [0.4, 0.5) is 36.2 Å². The smallest absolute Gasteiger partial charge is 0.447 e. The second-order valence-electron chi connectivity index (χ2n) is 28.0. The number of nitrogens with zero attached hydrogens (tertiary/aromatic N) is 12. The number of carbonyl (C=O) groups excluding carboxylic acids is 2. The second-order valence-corrected chi connectivity index (χ2v) is 34.2. The highest BCUT2D eigenvalue weighted by atomic mass is 79.9. The molecule has 0 aliphatic carbocycles. The summed E-state index contributed by atoms with van der Waals surface area (Å²) in [7, 11) is -3.60. The molecular weight excluding hydrogens is 1620 g/mol. The van der Waals surface area contributed by atoms with Crippen LogP contribution in [-0.2, 0) is 31.4 Å². The maximum atomic E-state index is 13.1. The highest BCUT2D eigenvalue weighted by Crippen LogP contribution is 2.30. The van der Waals surface area contributed by atoms with Gasteiger partial charge < -0.3 is 30.6 Å². The van der Waals surface area contributed by atoms with Crippen molar-refractivity contribution < 1.29 is 46.3 Å². The monoisotopic (exact) mass is 1710 g/mol. The molecular formula is C78H92BBrCl4F2N16O8S2. The Bertz CT molecular complexity index is 4640. The van der Waals surface area contributed by atoms with Crippen LogP contribution in [0.3, 0.4) is 0 Å². The summed E-state index contributed by atoms with van der Waals surface area (Å²) in [6.45, 7) is 28.1. The van der Waals surface area contributed by atoms with Crippen LogP contribution in [0, 0.1) is 23.5 Å². The topological polar surface area (TPSA) is 325 Å². The van der Waals surface area contributed by atoms with Crippen molar-refractivity contribution in [2.24, 2.45) is 17.6 Å². The van der Waals surface area contributed by atoms with Gasteiger partial charge in [-0.05, 0) is 210 Å². The number of anilines is 3. The number of rotatable bonds is 18. The molecule has 8 heterocycles. The van der Waals surface area contributed by atoms with Crippen LogP contribution in [0.1, 0.15) is 144 Å². The molecule has 2 unspecified atom stereocenters. The summed E-state index contributed by atoms with van der Waals surface area (Å²) in [6.07, 6.45) is 8.81. The third-order valence-electron chi connectivity index (χ3n) is 16.5. The first-order valence-corrected chi connectivity index (χ1v) is 39.4. The largest absolute Gasteiger partial charge is 0.488 e. The van der Waals surface area contributed by atoms with Gasteiger partial charge in [-0.2, -0.15) is 9.97 Å². The molecule has 4 aromatic carbocycles. The molecule has 7 N–H and O–H groups in total. The summed E-state index contributed by atoms with van der Waals surface area (Å²) in [5.74, 6) is 0.772. The molecule has 0 bridgehead atoms. The molecule has 34 heteroatoms. The molecule has 6 aromatic heterocycles. The van der Waals surface area contributed by atoms with Gasteiger partial charge in [-0.15, -0.1) is 12.4 Å². The first-order valence-electron chi connectivity index (χ1n) is 35.2. The molecule has 112 heavy (non-hydrogen) atoms. The van der Waals surface area contributed by atoms with Gasteiger partial charge in [-0.3, -0.25) is 19.9 Å². The van der Waals surface area contributed by atoms with Crippen LogP contribution in [0.25, 0.3) is 33.4 Å². The summed E-state index contributed by atoms with van der Waals surface area (Å²) in [6, 6.07) is 41.6. The van der Waals surface area contributed by atoms with Crippen molar-refractivity contribution in [2.75, 3.05) is 28.3 Å². The molecule has 8 atom stereocenters. The predicted molar refractivity (Wildman–Crippen MR) is 448 cm³/mol. The molecule has 10 aromatic rings. The molecule has 0 spiro atoms. The molecule has 0 saturated carbocycles. The highest BCUT2D eigenvalue weighted by molar-refractivity contribution is 9.10. The zero-order valence-corrected chi connectivity index (χ0v) is 70.5. The molecule has 12 rings (SSSR count). The fraction of sp³-hybridized carbons (Fsp3) is 0.333. The Balaban J connectivity index is 0.000000216. The fourth-order valence-corrected chi connectivity index (χ4v) is 12.1. The van der Waals surface area contributed by atoms with Crippen molar-refractivity contribution in [3.63, 3.8) is 0 Å². The van der Waals surface area contributed by atoms with E-state index in [-0.39, 0.29) is 98.8 Å². The van der Waals surface area contributed by atoms with E-state index in [9.17, 15) is 26.8 Å². The van der Waals surface area contributed by atoms with Gasteiger partial charge in [0, 0.05) is 62.0 Å². The number of pyridine rings is 4. The van der Waals surface area contributed by atoms with E-state index in [4.69, 9.17) is 60.1 Å². The zero-order valence-electron chi connectivity index (χ0n) is 64.2. The number of hydrogen-bond donors (Lipinski definition) is 6. The lowest BCUT2D eigenvalue weighted by Gasteiger charge is -2.22. The molecule has 2 aliphatic heterocycles. The number of hydrogen-bond acceptors (Lipinski definition) is 20. The standard InChI is InChI=1S/C22H23FN6O2.C17H21ClN2OS.C13H13FN2.C11H17BrN2OS.C9H11ClN4O2.C6H6BClO2.ClH/c1-13(2)19-11-31-22(30)29(19)21-26-12-25-20(28-21)27-14(3)18-9-6-16(10-24-18)15-4-7-17(23)8-5-15;1-12(20-22(21)17(2,3)4)16-10-7-14(11-19-16)13-5-8-15(18)9-6-13;1-9(15)13-7-4-11(8-16-13)10-2-5-12(14)6-3-10;1-8(14-16(15)11(2,3)4)10-6-5-9(12)7-13-10;1-5(2)6-3-16-9(15)14(6)8-12-4-11-7(10)13-8;8-6-3-1-5(2-4-6)7(9)10;/h4-10,12-14,19H,11H2,1-3H3,(H,25,26,27,28);5-12,20H,1-4H3;2-9H,15H2,1H3;5-8,14H,1-4H3;4-6H,3H2,1-2H3;1-4,9-10H;1H/t14-,19+;12-,22?;9-;8-,16?;6-;;/m00001../s1. The van der Waals surface area contributed by atoms with Gasteiger partial charge in [0.05, 0.1) is 84.5 Å². The summed E-state index contributed by atoms with van der Waals surface area (Å²) in [5.41, 5.74) is 15.4. The maximum absolute atomic E-state index is 13.1. The van der Waals surface area contributed by atoms with Crippen LogP contribution < -0.4 is 35.8 Å². The molecule has 24 nitrogen and oxygen atoms in total. The normalized spacial score (nSPS) is 15.4. The van der Waals surface area contributed by atoms with Crippen molar-refractivity contribution in [3.8, 4) is 33.4 Å². The average molecular weight is 1720 g/mol. The summed E-state index contributed by atoms with van der Waals surface area (Å²) < 4.78 is 66.6. The van der Waals surface area contributed by atoms with E-state index in [0.29, 0.717) is 29.6 Å². The number of cyclic esters (lactones) is 2. The van der Waals surface area contributed by atoms with Crippen LogP contribution in [0.2, 0.25) is 15.3 Å².